The number of aromatic nitrogens is 1. The summed E-state index contributed by atoms with van der Waals surface area (Å²) < 4.78 is 64.2. The Morgan fingerprint density at radius 3 is 2.56 bits per heavy atom. The molecule has 39 heavy (non-hydrogen) atoms. The fourth-order valence-electron chi connectivity index (χ4n) is 4.95. The Hall–Kier alpha value is -3.42. The molecular formula is C26H28F4N6O2S. The average molecular weight is 565 g/mol. The van der Waals surface area contributed by atoms with Crippen LogP contribution >= 0.6 is 12.2 Å². The summed E-state index contributed by atoms with van der Waals surface area (Å²) in [5, 5.41) is 4.06. The van der Waals surface area contributed by atoms with Crippen LogP contribution in [0.4, 0.5) is 28.9 Å². The monoisotopic (exact) mass is 564 g/mol. The summed E-state index contributed by atoms with van der Waals surface area (Å²) in [7, 11) is 3.62. The largest absolute Gasteiger partial charge is 0.487 e. The fourth-order valence-corrected chi connectivity index (χ4v) is 5.21. The normalized spacial score (nSPS) is 17.4. The zero-order valence-corrected chi connectivity index (χ0v) is 22.5. The Labute approximate surface area is 227 Å². The van der Waals surface area contributed by atoms with E-state index in [9.17, 15) is 18.0 Å². The van der Waals surface area contributed by atoms with Crippen molar-refractivity contribution in [3.8, 4) is 5.75 Å². The van der Waals surface area contributed by atoms with Gasteiger partial charge in [-0.25, -0.2) is 22.6 Å². The molecule has 1 fully saturated rings. The summed E-state index contributed by atoms with van der Waals surface area (Å²) in [6.45, 7) is 5.19. The van der Waals surface area contributed by atoms with E-state index in [0.29, 0.717) is 42.2 Å². The highest BCUT2D eigenvalue weighted by atomic mass is 32.1. The first-order valence-corrected chi connectivity index (χ1v) is 12.8. The van der Waals surface area contributed by atoms with Crippen molar-refractivity contribution in [1.29, 1.82) is 0 Å². The van der Waals surface area contributed by atoms with Gasteiger partial charge in [0.2, 0.25) is 0 Å². The van der Waals surface area contributed by atoms with Gasteiger partial charge in [-0.2, -0.15) is 0 Å². The summed E-state index contributed by atoms with van der Waals surface area (Å²) >= 11 is 5.16. The van der Waals surface area contributed by atoms with Gasteiger partial charge in [0.25, 0.3) is 0 Å². The van der Waals surface area contributed by atoms with Crippen molar-refractivity contribution in [3.05, 3.63) is 63.5 Å². The quantitative estimate of drug-likeness (QED) is 0.211. The SMILES string of the molecule is CC1COc2c(N3CCN(C)CC3)c(F)cc3c(=O)c(CN(C)NC(=S)Nc4ccc(F)c(F)c4F)cn1c23. The lowest BCUT2D eigenvalue weighted by atomic mass is 10.1. The molecule has 2 aliphatic heterocycles. The van der Waals surface area contributed by atoms with Crippen LogP contribution in [0.5, 0.6) is 5.75 Å². The third-order valence-corrected chi connectivity index (χ3v) is 7.21. The lowest BCUT2D eigenvalue weighted by Crippen LogP contribution is -2.45. The molecule has 208 valence electrons. The summed E-state index contributed by atoms with van der Waals surface area (Å²) in [4.78, 5) is 17.6. The molecule has 0 aliphatic carbocycles. The molecular weight excluding hydrogens is 536 g/mol. The number of benzene rings is 2. The number of hydrogen-bond acceptors (Lipinski definition) is 6. The van der Waals surface area contributed by atoms with Crippen molar-refractivity contribution in [3.63, 3.8) is 0 Å². The van der Waals surface area contributed by atoms with Crippen LogP contribution in [0.3, 0.4) is 0 Å². The Morgan fingerprint density at radius 2 is 1.85 bits per heavy atom. The number of likely N-dealkylation sites (N-methyl/N-ethyl adjacent to an activating group) is 1. The summed E-state index contributed by atoms with van der Waals surface area (Å²) in [6.07, 6.45) is 1.73. The van der Waals surface area contributed by atoms with Gasteiger partial charge in [-0.1, -0.05) is 0 Å². The van der Waals surface area contributed by atoms with Crippen LogP contribution in [0.25, 0.3) is 10.9 Å². The number of thiocarbonyl (C=S) groups is 1. The van der Waals surface area contributed by atoms with Crippen molar-refractivity contribution in [2.24, 2.45) is 0 Å². The first kappa shape index (κ1) is 27.2. The van der Waals surface area contributed by atoms with E-state index in [1.807, 2.05) is 23.4 Å². The second-order valence-corrected chi connectivity index (χ2v) is 10.3. The molecule has 1 aromatic heterocycles. The van der Waals surface area contributed by atoms with Crippen molar-refractivity contribution < 1.29 is 22.3 Å². The molecule has 0 bridgehead atoms. The molecule has 2 aliphatic rings. The number of ether oxygens (including phenoxy) is 1. The molecule has 3 heterocycles. The third-order valence-electron chi connectivity index (χ3n) is 7.02. The van der Waals surface area contributed by atoms with Crippen LogP contribution < -0.4 is 25.8 Å². The van der Waals surface area contributed by atoms with E-state index < -0.39 is 23.3 Å². The highest BCUT2D eigenvalue weighted by Crippen LogP contribution is 2.42. The predicted molar refractivity (Wildman–Crippen MR) is 145 cm³/mol. The molecule has 0 spiro atoms. The fraction of sp³-hybridized carbons (Fsp3) is 0.385. The lowest BCUT2D eigenvalue weighted by Gasteiger charge is -2.37. The highest BCUT2D eigenvalue weighted by Gasteiger charge is 2.30. The number of nitrogens with zero attached hydrogens (tertiary/aromatic N) is 4. The van der Waals surface area contributed by atoms with E-state index in [-0.39, 0.29) is 34.2 Å². The van der Waals surface area contributed by atoms with E-state index in [0.717, 1.165) is 25.2 Å². The zero-order valence-electron chi connectivity index (χ0n) is 21.7. The first-order chi connectivity index (χ1) is 18.5. The van der Waals surface area contributed by atoms with Crippen molar-refractivity contribution in [2.45, 2.75) is 19.5 Å². The molecule has 0 radical (unpaired) electrons. The van der Waals surface area contributed by atoms with Crippen LogP contribution in [-0.2, 0) is 6.54 Å². The van der Waals surface area contributed by atoms with E-state index in [1.165, 1.54) is 11.1 Å². The maximum atomic E-state index is 15.5. The molecule has 0 amide bonds. The number of piperazine rings is 1. The van der Waals surface area contributed by atoms with Crippen LogP contribution in [0, 0.1) is 23.3 Å². The summed E-state index contributed by atoms with van der Waals surface area (Å²) in [5.41, 5.74) is 3.36. The van der Waals surface area contributed by atoms with E-state index in [1.54, 1.807) is 13.2 Å². The lowest BCUT2D eigenvalue weighted by molar-refractivity contribution is 0.243. The molecule has 1 unspecified atom stereocenters. The first-order valence-electron chi connectivity index (χ1n) is 12.4. The number of nitrogens with one attached hydrogen (secondary N) is 2. The van der Waals surface area contributed by atoms with Gasteiger partial charge >= 0.3 is 0 Å². The molecule has 13 heteroatoms. The van der Waals surface area contributed by atoms with Crippen LogP contribution in [0.2, 0.25) is 0 Å². The molecule has 8 nitrogen and oxygen atoms in total. The maximum Gasteiger partial charge on any atom is 0.196 e. The van der Waals surface area contributed by atoms with Gasteiger partial charge in [0.05, 0.1) is 22.6 Å². The van der Waals surface area contributed by atoms with Crippen LogP contribution in [0.15, 0.2) is 29.2 Å². The topological polar surface area (TPSA) is 65.0 Å². The van der Waals surface area contributed by atoms with Crippen molar-refractivity contribution >= 4 is 39.6 Å². The molecule has 5 rings (SSSR count). The minimum absolute atomic E-state index is 0.0571. The Kier molecular flexibility index (Phi) is 7.40. The van der Waals surface area contributed by atoms with Gasteiger partial charge in [-0.3, -0.25) is 10.2 Å². The Balaban J connectivity index is 1.42. The van der Waals surface area contributed by atoms with Crippen LogP contribution in [0.1, 0.15) is 18.5 Å². The minimum Gasteiger partial charge on any atom is -0.487 e. The Bertz CT molecular complexity index is 1510. The molecule has 2 N–H and O–H groups in total. The van der Waals surface area contributed by atoms with Gasteiger partial charge in [-0.15, -0.1) is 0 Å². The predicted octanol–water partition coefficient (Wildman–Crippen LogP) is 3.60. The van der Waals surface area contributed by atoms with Crippen LogP contribution in [-0.4, -0.2) is 66.5 Å². The standard InChI is InChI=1S/C26H28F4N6O2S/c1-14-13-38-25-22-16(10-18(28)23(25)35-8-6-33(2)7-9-35)24(37)15(12-36(14)22)11-34(3)32-26(39)31-19-5-4-17(27)20(29)21(19)30/h4-5,10,12,14H,6-9,11,13H2,1-3H3,(H2,31,32,39). The molecule has 1 saturated heterocycles. The number of rotatable bonds is 5. The number of hydrogen-bond donors (Lipinski definition) is 2. The second kappa shape index (κ2) is 10.6. The molecule has 2 aromatic carbocycles. The summed E-state index contributed by atoms with van der Waals surface area (Å²) in [5.74, 6) is -4.47. The van der Waals surface area contributed by atoms with E-state index in [2.05, 4.69) is 15.6 Å². The van der Waals surface area contributed by atoms with Crippen molar-refractivity contribution in [2.75, 3.05) is 57.1 Å². The van der Waals surface area contributed by atoms with Gasteiger partial charge in [0, 0.05) is 51.5 Å². The number of hydrazine groups is 1. The van der Waals surface area contributed by atoms with Gasteiger partial charge < -0.3 is 24.4 Å². The number of halogens is 4. The summed E-state index contributed by atoms with van der Waals surface area (Å²) in [6, 6.07) is 2.97. The number of anilines is 2. The second-order valence-electron chi connectivity index (χ2n) is 9.92. The van der Waals surface area contributed by atoms with E-state index >= 15 is 4.39 Å². The number of pyridine rings is 1. The average Bonchev–Trinajstić information content (AvgIpc) is 2.89. The van der Waals surface area contributed by atoms with Gasteiger partial charge in [0.1, 0.15) is 12.3 Å². The van der Waals surface area contributed by atoms with Gasteiger partial charge in [-0.05, 0) is 44.4 Å². The third kappa shape index (κ3) is 5.13. The zero-order chi connectivity index (χ0) is 28.0. The molecule has 3 aromatic rings. The van der Waals surface area contributed by atoms with Gasteiger partial charge in [0.15, 0.2) is 39.6 Å². The van der Waals surface area contributed by atoms with Crippen molar-refractivity contribution in [1.82, 2.24) is 19.9 Å². The minimum atomic E-state index is -1.62. The molecule has 1 atom stereocenters. The Morgan fingerprint density at radius 1 is 1.13 bits per heavy atom. The molecule has 0 saturated carbocycles. The maximum absolute atomic E-state index is 15.5. The smallest absolute Gasteiger partial charge is 0.196 e. The van der Waals surface area contributed by atoms with E-state index in [4.69, 9.17) is 17.0 Å². The highest BCUT2D eigenvalue weighted by molar-refractivity contribution is 7.80.